The van der Waals surface area contributed by atoms with Gasteiger partial charge < -0.3 is 9.52 Å². The molecule has 0 spiro atoms. The van der Waals surface area contributed by atoms with Gasteiger partial charge in [-0.25, -0.2) is 0 Å². The highest BCUT2D eigenvalue weighted by Crippen LogP contribution is 2.27. The fourth-order valence-electron chi connectivity index (χ4n) is 2.00. The Balaban J connectivity index is 2.37. The van der Waals surface area contributed by atoms with E-state index < -0.39 is 0 Å². The van der Waals surface area contributed by atoms with Crippen LogP contribution in [0.4, 0.5) is 0 Å². The van der Waals surface area contributed by atoms with E-state index in [9.17, 15) is 5.11 Å². The summed E-state index contributed by atoms with van der Waals surface area (Å²) < 4.78 is 5.69. The van der Waals surface area contributed by atoms with Gasteiger partial charge in [0.15, 0.2) is 0 Å². The Kier molecular flexibility index (Phi) is 1.90. The second-order valence-electron chi connectivity index (χ2n) is 3.99. The lowest BCUT2D eigenvalue weighted by molar-refractivity contribution is 0.476. The van der Waals surface area contributed by atoms with Gasteiger partial charge in [0.1, 0.15) is 17.1 Å². The number of rotatable bonds is 1. The van der Waals surface area contributed by atoms with Gasteiger partial charge in [-0.15, -0.1) is 0 Å². The van der Waals surface area contributed by atoms with E-state index in [1.807, 2.05) is 18.2 Å². The molecule has 3 aromatic rings. The second kappa shape index (κ2) is 3.27. The molecule has 0 aliphatic heterocycles. The quantitative estimate of drug-likeness (QED) is 0.664. The summed E-state index contributed by atoms with van der Waals surface area (Å²) in [6.07, 6.45) is 0.899. The minimum atomic E-state index is 0.297. The molecule has 2 nitrogen and oxygen atoms in total. The summed E-state index contributed by atoms with van der Waals surface area (Å²) in [5.74, 6) is 1.29. The van der Waals surface area contributed by atoms with Crippen LogP contribution in [0.3, 0.4) is 0 Å². The summed E-state index contributed by atoms with van der Waals surface area (Å²) in [4.78, 5) is 0. The van der Waals surface area contributed by atoms with Gasteiger partial charge in [0.2, 0.25) is 0 Å². The van der Waals surface area contributed by atoms with Crippen LogP contribution < -0.4 is 0 Å². The Morgan fingerprint density at radius 2 is 1.88 bits per heavy atom. The Morgan fingerprint density at radius 1 is 1.00 bits per heavy atom. The highest BCUT2D eigenvalue weighted by molar-refractivity contribution is 5.96. The van der Waals surface area contributed by atoms with Crippen molar-refractivity contribution >= 4 is 21.7 Å². The van der Waals surface area contributed by atoms with Crippen molar-refractivity contribution in [1.29, 1.82) is 0 Å². The molecule has 16 heavy (non-hydrogen) atoms. The van der Waals surface area contributed by atoms with E-state index in [1.54, 1.807) is 12.1 Å². The number of fused-ring (bicyclic) bond motifs is 2. The summed E-state index contributed by atoms with van der Waals surface area (Å²) in [5.41, 5.74) is 0.912. The van der Waals surface area contributed by atoms with Gasteiger partial charge in [0.05, 0.1) is 0 Å². The molecule has 0 unspecified atom stereocenters. The molecule has 0 saturated heterocycles. The zero-order chi connectivity index (χ0) is 11.1. The van der Waals surface area contributed by atoms with Crippen LogP contribution in [0.25, 0.3) is 21.7 Å². The molecule has 1 aromatic heterocycles. The number of phenolic OH excluding ortho intramolecular Hbond substituents is 1. The Bertz CT molecular complexity index is 665. The zero-order valence-electron chi connectivity index (χ0n) is 9.03. The fourth-order valence-corrected chi connectivity index (χ4v) is 2.00. The lowest BCUT2D eigenvalue weighted by atomic mass is 10.1. The summed E-state index contributed by atoms with van der Waals surface area (Å²) in [6.45, 7) is 2.07. The minimum absolute atomic E-state index is 0.297. The summed E-state index contributed by atoms with van der Waals surface area (Å²) in [6, 6.07) is 11.5. The first-order chi connectivity index (χ1) is 7.76. The first-order valence-electron chi connectivity index (χ1n) is 5.41. The largest absolute Gasteiger partial charge is 0.508 e. The van der Waals surface area contributed by atoms with Gasteiger partial charge in [-0.05, 0) is 41.1 Å². The van der Waals surface area contributed by atoms with Crippen molar-refractivity contribution in [2.75, 3.05) is 0 Å². The molecule has 2 aromatic carbocycles. The van der Waals surface area contributed by atoms with Gasteiger partial charge >= 0.3 is 0 Å². The molecule has 80 valence electrons. The minimum Gasteiger partial charge on any atom is -0.508 e. The third-order valence-electron chi connectivity index (χ3n) is 2.86. The Labute approximate surface area is 93.1 Å². The van der Waals surface area contributed by atoms with Crippen molar-refractivity contribution in [3.05, 3.63) is 42.2 Å². The first-order valence-corrected chi connectivity index (χ1v) is 5.41. The maximum Gasteiger partial charge on any atom is 0.134 e. The summed E-state index contributed by atoms with van der Waals surface area (Å²) in [5, 5.41) is 12.6. The molecule has 0 radical (unpaired) electrons. The number of hydrogen-bond donors (Lipinski definition) is 1. The van der Waals surface area contributed by atoms with Crippen LogP contribution >= 0.6 is 0 Å². The highest BCUT2D eigenvalue weighted by atomic mass is 16.3. The molecule has 2 heteroatoms. The zero-order valence-corrected chi connectivity index (χ0v) is 9.03. The van der Waals surface area contributed by atoms with E-state index in [0.717, 1.165) is 33.9 Å². The predicted molar refractivity (Wildman–Crippen MR) is 64.8 cm³/mol. The third-order valence-corrected chi connectivity index (χ3v) is 2.86. The van der Waals surface area contributed by atoms with Crippen molar-refractivity contribution in [2.45, 2.75) is 13.3 Å². The highest BCUT2D eigenvalue weighted by Gasteiger charge is 2.04. The van der Waals surface area contributed by atoms with Crippen LogP contribution in [0, 0.1) is 0 Å². The van der Waals surface area contributed by atoms with Gasteiger partial charge in [-0.1, -0.05) is 13.0 Å². The van der Waals surface area contributed by atoms with E-state index in [1.165, 1.54) is 0 Å². The lowest BCUT2D eigenvalue weighted by Gasteiger charge is -1.98. The van der Waals surface area contributed by atoms with Crippen LogP contribution in [0.15, 0.2) is 40.8 Å². The average molecular weight is 212 g/mol. The van der Waals surface area contributed by atoms with Gasteiger partial charge in [-0.2, -0.15) is 0 Å². The van der Waals surface area contributed by atoms with E-state index in [2.05, 4.69) is 13.0 Å². The third kappa shape index (κ3) is 1.34. The van der Waals surface area contributed by atoms with Crippen LogP contribution in [0.5, 0.6) is 5.75 Å². The van der Waals surface area contributed by atoms with E-state index >= 15 is 0 Å². The van der Waals surface area contributed by atoms with Crippen LogP contribution in [-0.4, -0.2) is 5.11 Å². The van der Waals surface area contributed by atoms with E-state index in [-0.39, 0.29) is 0 Å². The number of benzene rings is 2. The van der Waals surface area contributed by atoms with Gasteiger partial charge in [0, 0.05) is 11.8 Å². The molecular formula is C14H12O2. The fraction of sp³-hybridized carbons (Fsp3) is 0.143. The number of aromatic hydroxyl groups is 1. The monoisotopic (exact) mass is 212 g/mol. The lowest BCUT2D eigenvalue weighted by Crippen LogP contribution is -1.72. The maximum absolute atomic E-state index is 9.43. The predicted octanol–water partition coefficient (Wildman–Crippen LogP) is 3.85. The number of phenols is 1. The molecule has 0 atom stereocenters. The number of hydrogen-bond acceptors (Lipinski definition) is 2. The van der Waals surface area contributed by atoms with Crippen molar-refractivity contribution in [2.24, 2.45) is 0 Å². The smallest absolute Gasteiger partial charge is 0.134 e. The molecule has 0 aliphatic carbocycles. The van der Waals surface area contributed by atoms with Crippen molar-refractivity contribution < 1.29 is 9.52 Å². The van der Waals surface area contributed by atoms with Crippen molar-refractivity contribution in [3.8, 4) is 5.75 Å². The van der Waals surface area contributed by atoms with Crippen molar-refractivity contribution in [1.82, 2.24) is 0 Å². The number of aryl methyl sites for hydroxylation is 1. The van der Waals surface area contributed by atoms with Gasteiger partial charge in [-0.3, -0.25) is 0 Å². The van der Waals surface area contributed by atoms with Crippen LogP contribution in [0.1, 0.15) is 12.7 Å². The number of furan rings is 1. The Hall–Kier alpha value is -1.96. The van der Waals surface area contributed by atoms with Gasteiger partial charge in [0.25, 0.3) is 0 Å². The average Bonchev–Trinajstić information content (AvgIpc) is 2.67. The molecule has 0 fully saturated rings. The van der Waals surface area contributed by atoms with E-state index in [4.69, 9.17) is 4.42 Å². The van der Waals surface area contributed by atoms with Crippen LogP contribution in [-0.2, 0) is 6.42 Å². The van der Waals surface area contributed by atoms with E-state index in [0.29, 0.717) is 5.75 Å². The first kappa shape index (κ1) is 9.28. The van der Waals surface area contributed by atoms with Crippen molar-refractivity contribution in [3.63, 3.8) is 0 Å². The molecule has 1 N–H and O–H groups in total. The molecule has 0 saturated carbocycles. The molecule has 1 heterocycles. The normalized spacial score (nSPS) is 11.3. The standard InChI is InChI=1S/C14H12O2/c1-2-13-7-11-5-10-6-12(15)4-3-9(10)8-14(11)16-13/h3-8,15H,2H2,1H3. The Morgan fingerprint density at radius 3 is 2.69 bits per heavy atom. The SMILES string of the molecule is CCc1cc2cc3cc(O)ccc3cc2o1. The molecular weight excluding hydrogens is 200 g/mol. The molecule has 3 rings (SSSR count). The molecule has 0 amide bonds. The maximum atomic E-state index is 9.43. The van der Waals surface area contributed by atoms with Crippen LogP contribution in [0.2, 0.25) is 0 Å². The topological polar surface area (TPSA) is 33.4 Å². The molecule has 0 bridgehead atoms. The molecule has 0 aliphatic rings. The second-order valence-corrected chi connectivity index (χ2v) is 3.99. The summed E-state index contributed by atoms with van der Waals surface area (Å²) in [7, 11) is 0. The summed E-state index contributed by atoms with van der Waals surface area (Å²) >= 11 is 0.